The molecule has 0 atom stereocenters. The number of thioether (sulfide) groups is 1. The van der Waals surface area contributed by atoms with Crippen molar-refractivity contribution in [3.63, 3.8) is 0 Å². The molecule has 0 saturated carbocycles. The van der Waals surface area contributed by atoms with Gasteiger partial charge in [-0.15, -0.1) is 0 Å². The van der Waals surface area contributed by atoms with Gasteiger partial charge in [0.1, 0.15) is 0 Å². The molecule has 23 heavy (non-hydrogen) atoms. The fourth-order valence-corrected chi connectivity index (χ4v) is 2.57. The Labute approximate surface area is 143 Å². The van der Waals surface area contributed by atoms with Crippen LogP contribution in [0.4, 0.5) is 5.69 Å². The number of unbranched alkanes of at least 4 members (excludes halogenated alkanes) is 1. The maximum Gasteiger partial charge on any atom is 0.221 e. The van der Waals surface area contributed by atoms with Crippen molar-refractivity contribution in [2.24, 2.45) is 4.99 Å². The molecular weight excluding hydrogens is 308 g/mol. The number of nitrogens with one attached hydrogen (secondary N) is 3. The molecule has 0 heterocycles. The normalized spacial score (nSPS) is 11.2. The summed E-state index contributed by atoms with van der Waals surface area (Å²) >= 11 is 1.89. The van der Waals surface area contributed by atoms with E-state index in [2.05, 4.69) is 27.2 Å². The predicted octanol–water partition coefficient (Wildman–Crippen LogP) is 2.50. The van der Waals surface area contributed by atoms with Crippen molar-refractivity contribution < 1.29 is 4.79 Å². The number of carbonyl (C=O) groups excluding carboxylic acids is 1. The zero-order chi connectivity index (χ0) is 16.9. The Morgan fingerprint density at radius 1 is 1.13 bits per heavy atom. The van der Waals surface area contributed by atoms with Crippen LogP contribution in [0.3, 0.4) is 0 Å². The average molecular weight is 337 g/mol. The molecule has 0 fully saturated rings. The molecule has 1 aromatic carbocycles. The summed E-state index contributed by atoms with van der Waals surface area (Å²) in [4.78, 5) is 15.2. The lowest BCUT2D eigenvalue weighted by molar-refractivity contribution is -0.114. The molecule has 0 saturated heterocycles. The van der Waals surface area contributed by atoms with Gasteiger partial charge in [0.2, 0.25) is 5.91 Å². The topological polar surface area (TPSA) is 65.5 Å². The Balaban J connectivity index is 2.24. The molecule has 0 radical (unpaired) electrons. The van der Waals surface area contributed by atoms with Crippen molar-refractivity contribution in [1.82, 2.24) is 10.6 Å². The second kappa shape index (κ2) is 11.8. The predicted molar refractivity (Wildman–Crippen MR) is 101 cm³/mol. The Kier molecular flexibility index (Phi) is 9.95. The lowest BCUT2D eigenvalue weighted by atomic mass is 10.1. The molecular formula is C17H28N4OS. The summed E-state index contributed by atoms with van der Waals surface area (Å²) in [6.45, 7) is 3.28. The summed E-state index contributed by atoms with van der Waals surface area (Å²) in [7, 11) is 1.79. The van der Waals surface area contributed by atoms with E-state index >= 15 is 0 Å². The third-order valence-electron chi connectivity index (χ3n) is 3.27. The van der Waals surface area contributed by atoms with Crippen LogP contribution >= 0.6 is 11.8 Å². The zero-order valence-corrected chi connectivity index (χ0v) is 15.1. The van der Waals surface area contributed by atoms with Gasteiger partial charge in [0, 0.05) is 32.7 Å². The lowest BCUT2D eigenvalue weighted by Crippen LogP contribution is -2.38. The second-order valence-electron chi connectivity index (χ2n) is 5.25. The van der Waals surface area contributed by atoms with Crippen LogP contribution in [0.5, 0.6) is 0 Å². The van der Waals surface area contributed by atoms with E-state index in [-0.39, 0.29) is 5.91 Å². The monoisotopic (exact) mass is 336 g/mol. The minimum absolute atomic E-state index is 0.0492. The zero-order valence-electron chi connectivity index (χ0n) is 14.3. The first-order chi connectivity index (χ1) is 11.2. The molecule has 1 aromatic rings. The summed E-state index contributed by atoms with van der Waals surface area (Å²) in [5, 5.41) is 9.41. The number of anilines is 1. The van der Waals surface area contributed by atoms with Crippen LogP contribution in [0.1, 0.15) is 25.3 Å². The molecule has 0 aliphatic carbocycles. The molecule has 0 aromatic heterocycles. The summed E-state index contributed by atoms with van der Waals surface area (Å²) < 4.78 is 0. The van der Waals surface area contributed by atoms with Crippen LogP contribution in [-0.4, -0.2) is 44.0 Å². The third kappa shape index (κ3) is 9.13. The van der Waals surface area contributed by atoms with Crippen LogP contribution in [-0.2, 0) is 11.2 Å². The number of benzene rings is 1. The molecule has 1 amide bonds. The first-order valence-corrected chi connectivity index (χ1v) is 9.35. The fraction of sp³-hybridized carbons (Fsp3) is 0.529. The van der Waals surface area contributed by atoms with Gasteiger partial charge in [-0.25, -0.2) is 0 Å². The van der Waals surface area contributed by atoms with Gasteiger partial charge in [-0.1, -0.05) is 12.1 Å². The van der Waals surface area contributed by atoms with Crippen molar-refractivity contribution in [2.45, 2.75) is 26.2 Å². The van der Waals surface area contributed by atoms with E-state index in [0.717, 1.165) is 37.6 Å². The van der Waals surface area contributed by atoms with Gasteiger partial charge in [0.25, 0.3) is 0 Å². The van der Waals surface area contributed by atoms with Crippen LogP contribution in [0.15, 0.2) is 29.3 Å². The van der Waals surface area contributed by atoms with Gasteiger partial charge in [-0.05, 0) is 49.0 Å². The number of nitrogens with zero attached hydrogens (tertiary/aromatic N) is 1. The molecule has 1 rings (SSSR count). The number of carbonyl (C=O) groups is 1. The van der Waals surface area contributed by atoms with Gasteiger partial charge < -0.3 is 16.0 Å². The highest BCUT2D eigenvalue weighted by atomic mass is 32.2. The van der Waals surface area contributed by atoms with Crippen molar-refractivity contribution >= 4 is 29.3 Å². The fourth-order valence-electron chi connectivity index (χ4n) is 2.08. The summed E-state index contributed by atoms with van der Waals surface area (Å²) in [6, 6.07) is 7.92. The SMILES string of the molecule is CN=C(NCCCCSC)NCCc1ccc(NC(C)=O)cc1. The molecule has 0 aliphatic heterocycles. The van der Waals surface area contributed by atoms with Gasteiger partial charge in [-0.3, -0.25) is 9.79 Å². The minimum atomic E-state index is -0.0492. The maximum absolute atomic E-state index is 11.0. The van der Waals surface area contributed by atoms with Crippen LogP contribution in [0, 0.1) is 0 Å². The van der Waals surface area contributed by atoms with Gasteiger partial charge >= 0.3 is 0 Å². The van der Waals surface area contributed by atoms with E-state index in [0.29, 0.717) is 0 Å². The quantitative estimate of drug-likeness (QED) is 0.368. The number of guanidine groups is 1. The van der Waals surface area contributed by atoms with E-state index < -0.39 is 0 Å². The third-order valence-corrected chi connectivity index (χ3v) is 3.97. The van der Waals surface area contributed by atoms with Gasteiger partial charge in [0.15, 0.2) is 5.96 Å². The minimum Gasteiger partial charge on any atom is -0.356 e. The molecule has 0 unspecified atom stereocenters. The maximum atomic E-state index is 11.0. The van der Waals surface area contributed by atoms with Crippen LogP contribution < -0.4 is 16.0 Å². The number of aliphatic imine (C=N–C) groups is 1. The Morgan fingerprint density at radius 2 is 1.83 bits per heavy atom. The number of hydrogen-bond acceptors (Lipinski definition) is 3. The highest BCUT2D eigenvalue weighted by Crippen LogP contribution is 2.09. The number of amides is 1. The van der Waals surface area contributed by atoms with Crippen LogP contribution in [0.25, 0.3) is 0 Å². The van der Waals surface area contributed by atoms with E-state index in [4.69, 9.17) is 0 Å². The van der Waals surface area contributed by atoms with E-state index in [1.165, 1.54) is 24.7 Å². The summed E-state index contributed by atoms with van der Waals surface area (Å²) in [5.74, 6) is 2.01. The molecule has 0 bridgehead atoms. The van der Waals surface area contributed by atoms with E-state index in [1.54, 1.807) is 7.05 Å². The standard InChI is InChI=1S/C17H28N4OS/c1-14(22)21-16-8-6-15(7-9-16)10-12-20-17(18-2)19-11-4-5-13-23-3/h6-9H,4-5,10-13H2,1-3H3,(H,21,22)(H2,18,19,20). The molecule has 6 heteroatoms. The van der Waals surface area contributed by atoms with E-state index in [1.807, 2.05) is 36.0 Å². The molecule has 0 aliphatic rings. The van der Waals surface area contributed by atoms with Gasteiger partial charge in [0.05, 0.1) is 0 Å². The first-order valence-electron chi connectivity index (χ1n) is 7.95. The molecule has 3 N–H and O–H groups in total. The Morgan fingerprint density at radius 3 is 2.43 bits per heavy atom. The lowest BCUT2D eigenvalue weighted by Gasteiger charge is -2.12. The van der Waals surface area contributed by atoms with Crippen molar-refractivity contribution in [3.05, 3.63) is 29.8 Å². The van der Waals surface area contributed by atoms with E-state index in [9.17, 15) is 4.79 Å². The number of hydrogen-bond donors (Lipinski definition) is 3. The molecule has 0 spiro atoms. The summed E-state index contributed by atoms with van der Waals surface area (Å²) in [5.41, 5.74) is 2.05. The largest absolute Gasteiger partial charge is 0.356 e. The molecule has 5 nitrogen and oxygen atoms in total. The Bertz CT molecular complexity index is 488. The van der Waals surface area contributed by atoms with Crippen molar-refractivity contribution in [2.75, 3.05) is 37.5 Å². The highest BCUT2D eigenvalue weighted by molar-refractivity contribution is 7.98. The van der Waals surface area contributed by atoms with Crippen LogP contribution in [0.2, 0.25) is 0 Å². The Hall–Kier alpha value is -1.69. The highest BCUT2D eigenvalue weighted by Gasteiger charge is 1.99. The first kappa shape index (κ1) is 19.4. The molecule has 128 valence electrons. The number of rotatable bonds is 9. The second-order valence-corrected chi connectivity index (χ2v) is 6.24. The van der Waals surface area contributed by atoms with Gasteiger partial charge in [-0.2, -0.15) is 11.8 Å². The van der Waals surface area contributed by atoms with Crippen molar-refractivity contribution in [3.8, 4) is 0 Å². The van der Waals surface area contributed by atoms with Crippen molar-refractivity contribution in [1.29, 1.82) is 0 Å². The smallest absolute Gasteiger partial charge is 0.221 e. The summed E-state index contributed by atoms with van der Waals surface area (Å²) in [6.07, 6.45) is 5.43. The average Bonchev–Trinajstić information content (AvgIpc) is 2.54.